The van der Waals surface area contributed by atoms with Crippen LogP contribution in [0.2, 0.25) is 0 Å². The van der Waals surface area contributed by atoms with Gasteiger partial charge >= 0.3 is 0 Å². The maximum absolute atomic E-state index is 6.31. The third-order valence-corrected chi connectivity index (χ3v) is 12.3. The standard InChI is InChI=1S/C57H33N3O2/c1-2-11-38-32-39(28-24-34(38)10-1)35-22-26-37(27-23-35)55-58-56(40-29-25-36-30-31-52-54(48(36)33-40)47-13-4-6-20-50(47)62-52)60-57(59-55)45-18-8-14-41-42(15-7-16-43(41)45)44-17-9-21-51-53(44)46-12-3-5-19-49(46)61-51/h1-33H. The quantitative estimate of drug-likeness (QED) is 0.174. The SMILES string of the molecule is c1ccc2cc(-c3ccc(-c4nc(-c5ccc6ccc7oc8ccccc8c7c6c5)nc(-c5cccc6c(-c7cccc8oc9ccccc9c78)cccc56)n4)cc3)ccc2c1. The summed E-state index contributed by atoms with van der Waals surface area (Å²) < 4.78 is 12.6. The molecule has 3 aromatic heterocycles. The minimum Gasteiger partial charge on any atom is -0.456 e. The molecule has 288 valence electrons. The number of benzene rings is 10. The zero-order valence-electron chi connectivity index (χ0n) is 33.2. The number of rotatable bonds is 5. The third-order valence-electron chi connectivity index (χ3n) is 12.3. The van der Waals surface area contributed by atoms with Gasteiger partial charge in [-0.3, -0.25) is 0 Å². The van der Waals surface area contributed by atoms with Gasteiger partial charge in [-0.1, -0.05) is 164 Å². The highest BCUT2D eigenvalue weighted by Crippen LogP contribution is 2.42. The Bertz CT molecular complexity index is 3940. The summed E-state index contributed by atoms with van der Waals surface area (Å²) in [7, 11) is 0. The Kier molecular flexibility index (Phi) is 7.54. The zero-order valence-corrected chi connectivity index (χ0v) is 33.2. The number of fused-ring (bicyclic) bond motifs is 10. The van der Waals surface area contributed by atoms with Crippen LogP contribution in [0.3, 0.4) is 0 Å². The van der Waals surface area contributed by atoms with Crippen LogP contribution in [0.4, 0.5) is 0 Å². The van der Waals surface area contributed by atoms with Crippen LogP contribution < -0.4 is 0 Å². The molecule has 0 radical (unpaired) electrons. The number of furan rings is 2. The summed E-state index contributed by atoms with van der Waals surface area (Å²) >= 11 is 0. The molecule has 0 amide bonds. The Balaban J connectivity index is 1.00. The van der Waals surface area contributed by atoms with Crippen LogP contribution in [0.25, 0.3) is 133 Å². The highest BCUT2D eigenvalue weighted by atomic mass is 16.3. The van der Waals surface area contributed by atoms with Crippen LogP contribution in [0.1, 0.15) is 0 Å². The molecule has 5 nitrogen and oxygen atoms in total. The smallest absolute Gasteiger partial charge is 0.164 e. The molecule has 0 atom stereocenters. The minimum absolute atomic E-state index is 0.595. The molecule has 0 fully saturated rings. The van der Waals surface area contributed by atoms with E-state index in [1.165, 1.54) is 10.8 Å². The highest BCUT2D eigenvalue weighted by Gasteiger charge is 2.19. The average Bonchev–Trinajstić information content (AvgIpc) is 3.92. The molecule has 13 aromatic rings. The normalized spacial score (nSPS) is 11.9. The second-order valence-corrected chi connectivity index (χ2v) is 15.9. The van der Waals surface area contributed by atoms with Crippen molar-refractivity contribution < 1.29 is 8.83 Å². The van der Waals surface area contributed by atoms with Gasteiger partial charge in [0.05, 0.1) is 0 Å². The van der Waals surface area contributed by atoms with E-state index in [4.69, 9.17) is 23.8 Å². The fraction of sp³-hybridized carbons (Fsp3) is 0. The first kappa shape index (κ1) is 34.5. The van der Waals surface area contributed by atoms with Gasteiger partial charge in [0.2, 0.25) is 0 Å². The van der Waals surface area contributed by atoms with Crippen LogP contribution in [0.5, 0.6) is 0 Å². The fourth-order valence-electron chi connectivity index (χ4n) is 9.36. The minimum atomic E-state index is 0.595. The van der Waals surface area contributed by atoms with Gasteiger partial charge in [-0.15, -0.1) is 0 Å². The predicted molar refractivity (Wildman–Crippen MR) is 254 cm³/mol. The van der Waals surface area contributed by atoms with Crippen molar-refractivity contribution in [2.45, 2.75) is 0 Å². The van der Waals surface area contributed by atoms with Gasteiger partial charge in [0, 0.05) is 38.2 Å². The van der Waals surface area contributed by atoms with Crippen molar-refractivity contribution in [1.82, 2.24) is 15.0 Å². The van der Waals surface area contributed by atoms with E-state index in [0.717, 1.165) is 104 Å². The summed E-state index contributed by atoms with van der Waals surface area (Å²) in [5.74, 6) is 1.80. The van der Waals surface area contributed by atoms with E-state index in [2.05, 4.69) is 170 Å². The first-order valence-electron chi connectivity index (χ1n) is 20.8. The average molecular weight is 792 g/mol. The van der Waals surface area contributed by atoms with E-state index < -0.39 is 0 Å². The number of hydrogen-bond donors (Lipinski definition) is 0. The monoisotopic (exact) mass is 791 g/mol. The molecule has 0 saturated heterocycles. The van der Waals surface area contributed by atoms with Crippen molar-refractivity contribution in [1.29, 1.82) is 0 Å². The van der Waals surface area contributed by atoms with Crippen LogP contribution in [-0.2, 0) is 0 Å². The van der Waals surface area contributed by atoms with E-state index in [9.17, 15) is 0 Å². The Labute approximate surface area is 355 Å². The first-order chi connectivity index (χ1) is 30.7. The molecule has 0 spiro atoms. The molecule has 13 rings (SSSR count). The lowest BCUT2D eigenvalue weighted by atomic mass is 9.93. The summed E-state index contributed by atoms with van der Waals surface area (Å²) in [5.41, 5.74) is 10.7. The van der Waals surface area contributed by atoms with Gasteiger partial charge in [-0.05, 0) is 91.0 Å². The molecule has 0 saturated carbocycles. The van der Waals surface area contributed by atoms with Gasteiger partial charge < -0.3 is 8.83 Å². The Morgan fingerprint density at radius 2 is 0.774 bits per heavy atom. The molecule has 0 aliphatic rings. The van der Waals surface area contributed by atoms with Crippen molar-refractivity contribution >= 4 is 76.2 Å². The molecule has 0 aliphatic heterocycles. The fourth-order valence-corrected chi connectivity index (χ4v) is 9.36. The number of hydrogen-bond acceptors (Lipinski definition) is 5. The highest BCUT2D eigenvalue weighted by molar-refractivity contribution is 6.19. The first-order valence-corrected chi connectivity index (χ1v) is 20.8. The van der Waals surface area contributed by atoms with Crippen molar-refractivity contribution in [3.8, 4) is 56.4 Å². The number of para-hydroxylation sites is 2. The second kappa shape index (κ2) is 13.6. The largest absolute Gasteiger partial charge is 0.456 e. The maximum Gasteiger partial charge on any atom is 0.164 e. The molecular weight excluding hydrogens is 759 g/mol. The molecule has 62 heavy (non-hydrogen) atoms. The van der Waals surface area contributed by atoms with Gasteiger partial charge in [-0.25, -0.2) is 15.0 Å². The number of aromatic nitrogens is 3. The van der Waals surface area contributed by atoms with E-state index in [-0.39, 0.29) is 0 Å². The van der Waals surface area contributed by atoms with Crippen molar-refractivity contribution in [3.63, 3.8) is 0 Å². The Hall–Kier alpha value is -8.41. The van der Waals surface area contributed by atoms with Crippen molar-refractivity contribution in [2.24, 2.45) is 0 Å². The van der Waals surface area contributed by atoms with Crippen LogP contribution >= 0.6 is 0 Å². The van der Waals surface area contributed by atoms with Gasteiger partial charge in [0.25, 0.3) is 0 Å². The Morgan fingerprint density at radius 1 is 0.258 bits per heavy atom. The molecule has 5 heteroatoms. The van der Waals surface area contributed by atoms with Crippen molar-refractivity contribution in [3.05, 3.63) is 200 Å². The van der Waals surface area contributed by atoms with E-state index in [0.29, 0.717) is 17.5 Å². The van der Waals surface area contributed by atoms with Gasteiger partial charge in [0.1, 0.15) is 22.3 Å². The molecule has 0 N–H and O–H groups in total. The van der Waals surface area contributed by atoms with Gasteiger partial charge in [-0.2, -0.15) is 0 Å². The topological polar surface area (TPSA) is 65.0 Å². The number of nitrogens with zero attached hydrogens (tertiary/aromatic N) is 3. The van der Waals surface area contributed by atoms with Crippen LogP contribution in [0, 0.1) is 0 Å². The lowest BCUT2D eigenvalue weighted by molar-refractivity contribution is 0.668. The summed E-state index contributed by atoms with van der Waals surface area (Å²) in [6, 6.07) is 69.9. The Morgan fingerprint density at radius 3 is 1.58 bits per heavy atom. The van der Waals surface area contributed by atoms with E-state index >= 15 is 0 Å². The molecule has 3 heterocycles. The summed E-state index contributed by atoms with van der Waals surface area (Å²) in [4.78, 5) is 15.8. The summed E-state index contributed by atoms with van der Waals surface area (Å²) in [5, 5.41) is 11.2. The molecular formula is C57H33N3O2. The predicted octanol–water partition coefficient (Wildman–Crippen LogP) is 15.5. The maximum atomic E-state index is 6.31. The van der Waals surface area contributed by atoms with Crippen molar-refractivity contribution in [2.75, 3.05) is 0 Å². The summed E-state index contributed by atoms with van der Waals surface area (Å²) in [6.07, 6.45) is 0. The zero-order chi connectivity index (χ0) is 40.7. The van der Waals surface area contributed by atoms with E-state index in [1.54, 1.807) is 0 Å². The lowest BCUT2D eigenvalue weighted by Gasteiger charge is -2.13. The molecule has 10 aromatic carbocycles. The third kappa shape index (κ3) is 5.45. The molecule has 0 bridgehead atoms. The summed E-state index contributed by atoms with van der Waals surface area (Å²) in [6.45, 7) is 0. The molecule has 0 unspecified atom stereocenters. The van der Waals surface area contributed by atoms with Crippen LogP contribution in [-0.4, -0.2) is 15.0 Å². The molecule has 0 aliphatic carbocycles. The van der Waals surface area contributed by atoms with E-state index in [1.807, 2.05) is 30.3 Å². The lowest BCUT2D eigenvalue weighted by Crippen LogP contribution is -2.01. The van der Waals surface area contributed by atoms with Crippen LogP contribution in [0.15, 0.2) is 209 Å². The van der Waals surface area contributed by atoms with Gasteiger partial charge in [0.15, 0.2) is 17.5 Å². The second-order valence-electron chi connectivity index (χ2n) is 15.9.